The van der Waals surface area contributed by atoms with Gasteiger partial charge in [-0.05, 0) is 95.6 Å². The van der Waals surface area contributed by atoms with Crippen LogP contribution in [0.25, 0.3) is 0 Å². The van der Waals surface area contributed by atoms with Crippen molar-refractivity contribution in [2.75, 3.05) is 41.7 Å². The fraction of sp³-hybridized carbons (Fsp3) is 0.600. The molecule has 3 aliphatic heterocycles. The molecule has 0 saturated carbocycles. The fourth-order valence-electron chi connectivity index (χ4n) is 5.79. The second kappa shape index (κ2) is 10.3. The predicted octanol–water partition coefficient (Wildman–Crippen LogP) is 4.08. The van der Waals surface area contributed by atoms with Crippen LogP contribution in [0.1, 0.15) is 65.9 Å². The quantitative estimate of drug-likeness (QED) is 0.560. The molecule has 1 N–H and O–H groups in total. The Balaban J connectivity index is 1.15. The fourth-order valence-corrected chi connectivity index (χ4v) is 7.83. The molecule has 3 unspecified atom stereocenters. The highest BCUT2D eigenvalue weighted by Gasteiger charge is 2.51. The Hall–Kier alpha value is -1.87. The molecule has 0 bridgehead atoms. The Morgan fingerprint density at radius 3 is 1.84 bits per heavy atom. The summed E-state index contributed by atoms with van der Waals surface area (Å²) in [6, 6.07) is 17.5. The van der Waals surface area contributed by atoms with Gasteiger partial charge in [-0.1, -0.05) is 24.3 Å². The number of aliphatic hydroxyl groups is 1. The van der Waals surface area contributed by atoms with Crippen molar-refractivity contribution < 1.29 is 18.6 Å². The van der Waals surface area contributed by atoms with Crippen LogP contribution >= 0.6 is 0 Å². The number of benzene rings is 2. The summed E-state index contributed by atoms with van der Waals surface area (Å²) in [5, 5.41) is 10.2. The second-order valence-electron chi connectivity index (χ2n) is 12.9. The van der Waals surface area contributed by atoms with Crippen molar-refractivity contribution in [2.24, 2.45) is 0 Å². The Morgan fingerprint density at radius 1 is 0.895 bits per heavy atom. The maximum Gasteiger partial charge on any atom is 0.494 e. The molecule has 3 atom stereocenters. The van der Waals surface area contributed by atoms with Crippen LogP contribution < -0.4 is 15.3 Å². The van der Waals surface area contributed by atoms with Gasteiger partial charge in [0.2, 0.25) is 0 Å². The van der Waals surface area contributed by atoms with Crippen molar-refractivity contribution in [2.45, 2.75) is 82.4 Å². The molecule has 8 heteroatoms. The second-order valence-corrected chi connectivity index (χ2v) is 14.6. The first kappa shape index (κ1) is 27.7. The minimum Gasteiger partial charge on any atom is -0.399 e. The third-order valence-corrected chi connectivity index (χ3v) is 10.6. The Kier molecular flexibility index (Phi) is 7.48. The molecule has 0 spiro atoms. The zero-order chi connectivity index (χ0) is 27.3. The van der Waals surface area contributed by atoms with Crippen LogP contribution in [0.15, 0.2) is 48.5 Å². The molecule has 3 saturated heterocycles. The number of rotatable bonds is 6. The third-order valence-electron chi connectivity index (χ3n) is 8.80. The van der Waals surface area contributed by atoms with Crippen LogP contribution in [0.4, 0.5) is 11.4 Å². The van der Waals surface area contributed by atoms with Crippen LogP contribution in [-0.4, -0.2) is 70.4 Å². The van der Waals surface area contributed by atoms with E-state index in [1.165, 1.54) is 16.9 Å². The van der Waals surface area contributed by atoms with Crippen molar-refractivity contribution in [3.05, 3.63) is 54.1 Å². The van der Waals surface area contributed by atoms with Gasteiger partial charge in [0.1, 0.15) is 0 Å². The van der Waals surface area contributed by atoms with Crippen molar-refractivity contribution >= 4 is 34.8 Å². The summed E-state index contributed by atoms with van der Waals surface area (Å²) in [5.41, 5.74) is 3.37. The largest absolute Gasteiger partial charge is 0.494 e. The van der Waals surface area contributed by atoms with Gasteiger partial charge in [0, 0.05) is 59.4 Å². The molecule has 5 rings (SSSR count). The van der Waals surface area contributed by atoms with E-state index < -0.39 is 16.4 Å². The van der Waals surface area contributed by atoms with E-state index in [2.05, 4.69) is 86.0 Å². The summed E-state index contributed by atoms with van der Waals surface area (Å²) in [5.74, 6) is 1.01. The molecule has 0 radical (unpaired) electrons. The highest BCUT2D eigenvalue weighted by Crippen LogP contribution is 2.37. The average molecular weight is 539 g/mol. The van der Waals surface area contributed by atoms with Crippen LogP contribution in [0.2, 0.25) is 0 Å². The minimum absolute atomic E-state index is 0.0822. The van der Waals surface area contributed by atoms with Gasteiger partial charge in [0.15, 0.2) is 0 Å². The Bertz CT molecular complexity index is 1120. The maximum absolute atomic E-state index is 12.6. The number of nitrogens with zero attached hydrogens (tertiary/aromatic N) is 2. The highest BCUT2D eigenvalue weighted by atomic mass is 32.2. The van der Waals surface area contributed by atoms with Gasteiger partial charge in [-0.3, -0.25) is 4.21 Å². The van der Waals surface area contributed by atoms with E-state index in [0.29, 0.717) is 18.1 Å². The average Bonchev–Trinajstić information content (AvgIpc) is 3.32. The molecule has 38 heavy (non-hydrogen) atoms. The first-order valence-corrected chi connectivity index (χ1v) is 15.3. The molecule has 206 valence electrons. The molecule has 3 heterocycles. The lowest BCUT2D eigenvalue weighted by atomic mass is 9.79. The van der Waals surface area contributed by atoms with Crippen molar-refractivity contribution in [3.63, 3.8) is 0 Å². The van der Waals surface area contributed by atoms with Gasteiger partial charge >= 0.3 is 7.12 Å². The van der Waals surface area contributed by atoms with Crippen LogP contribution in [0.5, 0.6) is 0 Å². The highest BCUT2D eigenvalue weighted by molar-refractivity contribution is 7.86. The maximum atomic E-state index is 12.6. The zero-order valence-corrected chi connectivity index (χ0v) is 24.6. The molecular weight excluding hydrogens is 495 g/mol. The molecule has 3 fully saturated rings. The SMILES string of the molecule is CC(C)(O)CC1CC(c2ccc(N3CCN(c4ccc(B5OC(C)(C)C(C)(C)O5)cc4)CC3)cc2)CS1=O. The molecule has 6 nitrogen and oxygen atoms in total. The van der Waals surface area contributed by atoms with E-state index in [0.717, 1.165) is 38.1 Å². The summed E-state index contributed by atoms with van der Waals surface area (Å²) in [6.45, 7) is 15.8. The standard InChI is InChI=1S/C30H43BN2O4S/c1-28(2,34)20-27-19-23(21-38(27)35)22-7-11-25(12-8-22)32-15-17-33(18-16-32)26-13-9-24(10-14-26)31-36-29(3,4)30(5,6)37-31/h7-14,23,27,34H,15-21H2,1-6H3. The number of hydrogen-bond donors (Lipinski definition) is 1. The number of piperazine rings is 1. The molecular formula is C30H43BN2O4S. The minimum atomic E-state index is -0.869. The molecule has 0 amide bonds. The summed E-state index contributed by atoms with van der Waals surface area (Å²) < 4.78 is 25.0. The van der Waals surface area contributed by atoms with Crippen molar-refractivity contribution in [1.29, 1.82) is 0 Å². The first-order valence-electron chi connectivity index (χ1n) is 14.0. The van der Waals surface area contributed by atoms with E-state index in [1.54, 1.807) is 0 Å². The Morgan fingerprint density at radius 2 is 1.37 bits per heavy atom. The van der Waals surface area contributed by atoms with Crippen LogP contribution in [0.3, 0.4) is 0 Å². The van der Waals surface area contributed by atoms with Crippen molar-refractivity contribution in [1.82, 2.24) is 0 Å². The normalized spacial score (nSPS) is 27.2. The number of hydrogen-bond acceptors (Lipinski definition) is 6. The predicted molar refractivity (Wildman–Crippen MR) is 158 cm³/mol. The van der Waals surface area contributed by atoms with Gasteiger partial charge in [0.25, 0.3) is 0 Å². The van der Waals surface area contributed by atoms with E-state index >= 15 is 0 Å². The Labute approximate surface area is 231 Å². The van der Waals surface area contributed by atoms with E-state index in [9.17, 15) is 9.32 Å². The topological polar surface area (TPSA) is 62.2 Å². The van der Waals surface area contributed by atoms with Gasteiger partial charge in [-0.2, -0.15) is 0 Å². The lowest BCUT2D eigenvalue weighted by Gasteiger charge is -2.37. The van der Waals surface area contributed by atoms with Gasteiger partial charge in [0.05, 0.1) is 16.8 Å². The smallest absolute Gasteiger partial charge is 0.399 e. The van der Waals surface area contributed by atoms with Crippen molar-refractivity contribution in [3.8, 4) is 0 Å². The van der Waals surface area contributed by atoms with Crippen LogP contribution in [0, 0.1) is 0 Å². The molecule has 2 aromatic carbocycles. The summed E-state index contributed by atoms with van der Waals surface area (Å²) in [6.07, 6.45) is 1.49. The van der Waals surface area contributed by atoms with Gasteiger partial charge in [-0.25, -0.2) is 0 Å². The summed E-state index contributed by atoms with van der Waals surface area (Å²) >= 11 is 0. The van der Waals surface area contributed by atoms with E-state index in [4.69, 9.17) is 9.31 Å². The zero-order valence-electron chi connectivity index (χ0n) is 23.8. The molecule has 3 aliphatic rings. The molecule has 2 aromatic rings. The number of anilines is 2. The van der Waals surface area contributed by atoms with E-state index in [1.807, 2.05) is 13.8 Å². The monoisotopic (exact) mass is 538 g/mol. The van der Waals surface area contributed by atoms with E-state index in [-0.39, 0.29) is 23.6 Å². The summed E-state index contributed by atoms with van der Waals surface area (Å²) in [7, 11) is -1.20. The lowest BCUT2D eigenvalue weighted by Crippen LogP contribution is -2.46. The molecule has 0 aromatic heterocycles. The lowest BCUT2D eigenvalue weighted by molar-refractivity contribution is 0.00578. The first-order chi connectivity index (χ1) is 17.8. The molecule has 0 aliphatic carbocycles. The third kappa shape index (κ3) is 5.84. The van der Waals surface area contributed by atoms with Crippen LogP contribution in [-0.2, 0) is 20.1 Å². The van der Waals surface area contributed by atoms with Gasteiger partial charge < -0.3 is 24.2 Å². The summed E-state index contributed by atoms with van der Waals surface area (Å²) in [4.78, 5) is 4.89. The van der Waals surface area contributed by atoms with Gasteiger partial charge in [-0.15, -0.1) is 0 Å².